The van der Waals surface area contributed by atoms with E-state index < -0.39 is 0 Å². The SMILES string of the molecule is CC(C)Nc1cc(-n2ccc3cc(C#N)cnc32)ncc1C(=O)NC[C@H]1CC[C@H](CO)CC1. The Morgan fingerprint density at radius 3 is 2.67 bits per heavy atom. The third kappa shape index (κ3) is 5.15. The van der Waals surface area contributed by atoms with Crippen LogP contribution in [0.4, 0.5) is 5.69 Å². The molecule has 0 aliphatic heterocycles. The first-order valence-corrected chi connectivity index (χ1v) is 11.5. The van der Waals surface area contributed by atoms with Crippen molar-refractivity contribution in [2.45, 2.75) is 45.6 Å². The van der Waals surface area contributed by atoms with Gasteiger partial charge in [0.2, 0.25) is 0 Å². The molecular weight excluding hydrogens is 416 g/mol. The van der Waals surface area contributed by atoms with E-state index in [4.69, 9.17) is 5.26 Å². The Morgan fingerprint density at radius 2 is 1.97 bits per heavy atom. The highest BCUT2D eigenvalue weighted by Gasteiger charge is 2.22. The highest BCUT2D eigenvalue weighted by molar-refractivity contribution is 5.99. The second-order valence-corrected chi connectivity index (χ2v) is 9.10. The molecule has 0 saturated heterocycles. The number of hydrogen-bond donors (Lipinski definition) is 3. The van der Waals surface area contributed by atoms with Gasteiger partial charge in [0.05, 0.1) is 16.8 Å². The summed E-state index contributed by atoms with van der Waals surface area (Å²) >= 11 is 0. The van der Waals surface area contributed by atoms with Crippen LogP contribution in [0.1, 0.15) is 55.5 Å². The Balaban J connectivity index is 1.54. The summed E-state index contributed by atoms with van der Waals surface area (Å²) in [6.45, 7) is 4.94. The minimum atomic E-state index is -0.143. The molecule has 1 fully saturated rings. The van der Waals surface area contributed by atoms with E-state index in [2.05, 4.69) is 26.7 Å². The topological polar surface area (TPSA) is 116 Å². The molecule has 0 atom stereocenters. The number of nitriles is 1. The first-order valence-electron chi connectivity index (χ1n) is 11.5. The lowest BCUT2D eigenvalue weighted by atomic mass is 9.82. The van der Waals surface area contributed by atoms with Gasteiger partial charge in [0, 0.05) is 49.2 Å². The average molecular weight is 447 g/mol. The zero-order valence-corrected chi connectivity index (χ0v) is 19.1. The molecule has 4 rings (SSSR count). The molecule has 3 aromatic rings. The number of anilines is 1. The van der Waals surface area contributed by atoms with Crippen molar-refractivity contribution >= 4 is 22.6 Å². The van der Waals surface area contributed by atoms with Crippen LogP contribution in [0.3, 0.4) is 0 Å². The van der Waals surface area contributed by atoms with E-state index in [0.29, 0.717) is 46.7 Å². The van der Waals surface area contributed by atoms with Crippen LogP contribution in [0.25, 0.3) is 16.9 Å². The lowest BCUT2D eigenvalue weighted by molar-refractivity contribution is 0.0937. The van der Waals surface area contributed by atoms with Gasteiger partial charge in [-0.15, -0.1) is 0 Å². The van der Waals surface area contributed by atoms with Gasteiger partial charge < -0.3 is 15.7 Å². The van der Waals surface area contributed by atoms with Gasteiger partial charge in [-0.25, -0.2) is 9.97 Å². The van der Waals surface area contributed by atoms with Crippen LogP contribution in [0.15, 0.2) is 36.8 Å². The van der Waals surface area contributed by atoms with E-state index in [0.717, 1.165) is 31.1 Å². The van der Waals surface area contributed by atoms with E-state index in [-0.39, 0.29) is 18.6 Å². The molecule has 3 N–H and O–H groups in total. The third-order valence-corrected chi connectivity index (χ3v) is 6.26. The molecule has 1 aliphatic carbocycles. The number of carbonyl (C=O) groups excluding carboxylic acids is 1. The number of pyridine rings is 2. The van der Waals surface area contributed by atoms with Crippen LogP contribution < -0.4 is 10.6 Å². The second-order valence-electron chi connectivity index (χ2n) is 9.10. The predicted octanol–water partition coefficient (Wildman–Crippen LogP) is 3.64. The summed E-state index contributed by atoms with van der Waals surface area (Å²) in [6, 6.07) is 7.79. The van der Waals surface area contributed by atoms with Gasteiger partial charge >= 0.3 is 0 Å². The molecule has 3 aromatic heterocycles. The van der Waals surface area contributed by atoms with Crippen LogP contribution in [0, 0.1) is 23.2 Å². The molecule has 1 amide bonds. The molecule has 33 heavy (non-hydrogen) atoms. The minimum absolute atomic E-state index is 0.137. The number of nitrogens with zero attached hydrogens (tertiary/aromatic N) is 4. The molecule has 3 heterocycles. The molecule has 0 unspecified atom stereocenters. The summed E-state index contributed by atoms with van der Waals surface area (Å²) < 4.78 is 1.85. The number of hydrogen-bond acceptors (Lipinski definition) is 6. The van der Waals surface area contributed by atoms with Gasteiger partial charge in [0.25, 0.3) is 5.91 Å². The fourth-order valence-corrected chi connectivity index (χ4v) is 4.41. The summed E-state index contributed by atoms with van der Waals surface area (Å²) in [5.74, 6) is 1.35. The predicted molar refractivity (Wildman–Crippen MR) is 127 cm³/mol. The van der Waals surface area contributed by atoms with Crippen molar-refractivity contribution in [3.63, 3.8) is 0 Å². The Bertz CT molecular complexity index is 1170. The average Bonchev–Trinajstić information content (AvgIpc) is 3.25. The van der Waals surface area contributed by atoms with Crippen molar-refractivity contribution in [2.24, 2.45) is 11.8 Å². The van der Waals surface area contributed by atoms with Crippen LogP contribution in [-0.2, 0) is 0 Å². The maximum Gasteiger partial charge on any atom is 0.254 e. The van der Waals surface area contributed by atoms with Crippen LogP contribution in [0.2, 0.25) is 0 Å². The first-order chi connectivity index (χ1) is 16.0. The molecule has 0 bridgehead atoms. The van der Waals surface area contributed by atoms with Crippen molar-refractivity contribution in [1.82, 2.24) is 19.9 Å². The highest BCUT2D eigenvalue weighted by atomic mass is 16.3. The monoisotopic (exact) mass is 446 g/mol. The standard InChI is InChI=1S/C25H30N6O2/c1-16(2)30-22-10-23(31-8-7-20-9-19(11-26)13-28-24(20)31)27-14-21(22)25(33)29-12-17-3-5-18(15-32)6-4-17/h7-10,13-14,16-18,32H,3-6,12,15H2,1-2H3,(H,27,30)(H,29,33)/t17-,18-. The molecule has 8 heteroatoms. The number of amides is 1. The molecule has 1 saturated carbocycles. The summed E-state index contributed by atoms with van der Waals surface area (Å²) in [4.78, 5) is 22.0. The van der Waals surface area contributed by atoms with Crippen molar-refractivity contribution in [3.8, 4) is 11.9 Å². The summed E-state index contributed by atoms with van der Waals surface area (Å²) in [6.07, 6.45) is 9.10. The molecule has 0 spiro atoms. The number of aliphatic hydroxyl groups is 1. The summed E-state index contributed by atoms with van der Waals surface area (Å²) in [5, 5.41) is 25.7. The highest BCUT2D eigenvalue weighted by Crippen LogP contribution is 2.28. The van der Waals surface area contributed by atoms with Gasteiger partial charge in [0.15, 0.2) is 0 Å². The zero-order valence-electron chi connectivity index (χ0n) is 19.1. The van der Waals surface area contributed by atoms with Crippen LogP contribution in [0.5, 0.6) is 0 Å². The summed E-state index contributed by atoms with van der Waals surface area (Å²) in [7, 11) is 0. The zero-order chi connectivity index (χ0) is 23.4. The second kappa shape index (κ2) is 10.0. The molecule has 172 valence electrons. The lowest BCUT2D eigenvalue weighted by Gasteiger charge is -2.27. The number of rotatable bonds is 7. The maximum absolute atomic E-state index is 13.0. The minimum Gasteiger partial charge on any atom is -0.396 e. The fourth-order valence-electron chi connectivity index (χ4n) is 4.41. The molecule has 1 aliphatic rings. The number of aliphatic hydroxyl groups excluding tert-OH is 1. The quantitative estimate of drug-likeness (QED) is 0.510. The molecular formula is C25H30N6O2. The van der Waals surface area contributed by atoms with E-state index in [1.807, 2.05) is 36.7 Å². The first kappa shape index (κ1) is 22.7. The van der Waals surface area contributed by atoms with E-state index in [1.54, 1.807) is 18.5 Å². The van der Waals surface area contributed by atoms with E-state index >= 15 is 0 Å². The van der Waals surface area contributed by atoms with Gasteiger partial charge in [-0.2, -0.15) is 5.26 Å². The van der Waals surface area contributed by atoms with Crippen LogP contribution in [-0.4, -0.2) is 44.7 Å². The summed E-state index contributed by atoms with van der Waals surface area (Å²) in [5.41, 5.74) is 2.43. The molecule has 0 aromatic carbocycles. The Kier molecular flexibility index (Phi) is 6.90. The fraction of sp³-hybridized carbons (Fsp3) is 0.440. The Morgan fingerprint density at radius 1 is 1.21 bits per heavy atom. The number of aromatic nitrogens is 3. The van der Waals surface area contributed by atoms with Crippen LogP contribution >= 0.6 is 0 Å². The van der Waals surface area contributed by atoms with Crippen molar-refractivity contribution in [3.05, 3.63) is 47.9 Å². The van der Waals surface area contributed by atoms with E-state index in [1.165, 1.54) is 0 Å². The van der Waals surface area contributed by atoms with Crippen molar-refractivity contribution in [1.29, 1.82) is 5.26 Å². The van der Waals surface area contributed by atoms with Crippen molar-refractivity contribution in [2.75, 3.05) is 18.5 Å². The third-order valence-electron chi connectivity index (χ3n) is 6.26. The van der Waals surface area contributed by atoms with Crippen molar-refractivity contribution < 1.29 is 9.90 Å². The Labute approximate surface area is 193 Å². The van der Waals surface area contributed by atoms with Gasteiger partial charge in [-0.05, 0) is 63.5 Å². The number of carbonyl (C=O) groups is 1. The normalized spacial score (nSPS) is 18.3. The Hall–Kier alpha value is -3.44. The van der Waals surface area contributed by atoms with E-state index in [9.17, 15) is 9.90 Å². The largest absolute Gasteiger partial charge is 0.396 e. The van der Waals surface area contributed by atoms with Gasteiger partial charge in [-0.1, -0.05) is 0 Å². The lowest BCUT2D eigenvalue weighted by Crippen LogP contribution is -2.32. The molecule has 0 radical (unpaired) electrons. The number of nitrogens with one attached hydrogen (secondary N) is 2. The maximum atomic E-state index is 13.0. The smallest absolute Gasteiger partial charge is 0.254 e. The van der Waals surface area contributed by atoms with Gasteiger partial charge in [-0.3, -0.25) is 9.36 Å². The molecule has 8 nitrogen and oxygen atoms in total. The number of fused-ring (bicyclic) bond motifs is 1. The van der Waals surface area contributed by atoms with Gasteiger partial charge in [0.1, 0.15) is 17.5 Å².